The largest absolute Gasteiger partial charge is 0.0654 e. The van der Waals surface area contributed by atoms with E-state index in [0.29, 0.717) is 5.41 Å². The van der Waals surface area contributed by atoms with Gasteiger partial charge in [-0.1, -0.05) is 54.4 Å². The van der Waals surface area contributed by atoms with Gasteiger partial charge in [0, 0.05) is 0 Å². The standard InChI is InChI=1S/C15H32/c1-7-9-15(6,10-8-2)12-14(5)11-13(3)4/h13-14H,7-12H2,1-6H3. The lowest BCUT2D eigenvalue weighted by molar-refractivity contribution is 0.193. The maximum absolute atomic E-state index is 2.50. The van der Waals surface area contributed by atoms with Crippen LogP contribution in [0.4, 0.5) is 0 Å². The van der Waals surface area contributed by atoms with Crippen molar-refractivity contribution in [3.63, 3.8) is 0 Å². The smallest absolute Gasteiger partial charge is 0.0324 e. The van der Waals surface area contributed by atoms with Gasteiger partial charge in [0.1, 0.15) is 0 Å². The average Bonchev–Trinajstić information content (AvgIpc) is 2.01. The predicted molar refractivity (Wildman–Crippen MR) is 71.2 cm³/mol. The monoisotopic (exact) mass is 212 g/mol. The number of hydrogen-bond acceptors (Lipinski definition) is 0. The van der Waals surface area contributed by atoms with Crippen molar-refractivity contribution in [3.8, 4) is 0 Å². The Bertz CT molecular complexity index is 140. The minimum Gasteiger partial charge on any atom is -0.0654 e. The van der Waals surface area contributed by atoms with Crippen LogP contribution in [0.25, 0.3) is 0 Å². The molecule has 0 radical (unpaired) electrons. The van der Waals surface area contributed by atoms with Gasteiger partial charge in [-0.05, 0) is 42.9 Å². The zero-order valence-electron chi connectivity index (χ0n) is 11.9. The van der Waals surface area contributed by atoms with E-state index >= 15 is 0 Å². The Hall–Kier alpha value is 0. The molecule has 0 aliphatic rings. The first kappa shape index (κ1) is 15.0. The quantitative estimate of drug-likeness (QED) is 0.486. The van der Waals surface area contributed by atoms with Gasteiger partial charge in [-0.15, -0.1) is 0 Å². The molecule has 0 aromatic rings. The highest BCUT2D eigenvalue weighted by Crippen LogP contribution is 2.37. The molecule has 0 heteroatoms. The molecule has 0 bridgehead atoms. The van der Waals surface area contributed by atoms with Crippen LogP contribution >= 0.6 is 0 Å². The van der Waals surface area contributed by atoms with Crippen molar-refractivity contribution in [2.75, 3.05) is 0 Å². The third-order valence-electron chi connectivity index (χ3n) is 3.42. The molecule has 0 rings (SSSR count). The fourth-order valence-electron chi connectivity index (χ4n) is 3.27. The van der Waals surface area contributed by atoms with E-state index < -0.39 is 0 Å². The minimum atomic E-state index is 0.609. The minimum absolute atomic E-state index is 0.609. The first-order valence-corrected chi connectivity index (χ1v) is 6.93. The van der Waals surface area contributed by atoms with E-state index in [1.165, 1.54) is 38.5 Å². The summed E-state index contributed by atoms with van der Waals surface area (Å²) in [5.41, 5.74) is 0.609. The Labute approximate surface area is 97.8 Å². The number of hydrogen-bond donors (Lipinski definition) is 0. The molecule has 0 aliphatic heterocycles. The van der Waals surface area contributed by atoms with Gasteiger partial charge in [0.25, 0.3) is 0 Å². The highest BCUT2D eigenvalue weighted by Gasteiger charge is 2.24. The predicted octanol–water partition coefficient (Wildman–Crippen LogP) is 5.67. The van der Waals surface area contributed by atoms with E-state index in [1.807, 2.05) is 0 Å². The molecule has 0 aromatic heterocycles. The highest BCUT2D eigenvalue weighted by atomic mass is 14.3. The Morgan fingerprint density at radius 1 is 0.933 bits per heavy atom. The summed E-state index contributed by atoms with van der Waals surface area (Å²) in [7, 11) is 0. The SMILES string of the molecule is CCCC(C)(CCC)CC(C)CC(C)C. The van der Waals surface area contributed by atoms with Gasteiger partial charge in [-0.25, -0.2) is 0 Å². The van der Waals surface area contributed by atoms with Gasteiger partial charge in [0.2, 0.25) is 0 Å². The van der Waals surface area contributed by atoms with Crippen molar-refractivity contribution in [1.29, 1.82) is 0 Å². The summed E-state index contributed by atoms with van der Waals surface area (Å²) in [5, 5.41) is 0. The lowest BCUT2D eigenvalue weighted by atomic mass is 9.73. The van der Waals surface area contributed by atoms with Crippen molar-refractivity contribution in [1.82, 2.24) is 0 Å². The van der Waals surface area contributed by atoms with Crippen molar-refractivity contribution >= 4 is 0 Å². The molecule has 1 atom stereocenters. The third-order valence-corrected chi connectivity index (χ3v) is 3.42. The van der Waals surface area contributed by atoms with Crippen LogP contribution in [0.2, 0.25) is 0 Å². The molecule has 0 spiro atoms. The molecule has 0 nitrogen and oxygen atoms in total. The summed E-state index contributed by atoms with van der Waals surface area (Å²) >= 11 is 0. The summed E-state index contributed by atoms with van der Waals surface area (Å²) in [5.74, 6) is 1.75. The molecule has 0 aliphatic carbocycles. The van der Waals surface area contributed by atoms with Gasteiger partial charge in [0.15, 0.2) is 0 Å². The van der Waals surface area contributed by atoms with Crippen LogP contribution < -0.4 is 0 Å². The van der Waals surface area contributed by atoms with E-state index in [4.69, 9.17) is 0 Å². The molecule has 0 fully saturated rings. The number of rotatable bonds is 8. The topological polar surface area (TPSA) is 0 Å². The van der Waals surface area contributed by atoms with E-state index in [1.54, 1.807) is 0 Å². The lowest BCUT2D eigenvalue weighted by Crippen LogP contribution is -2.20. The Morgan fingerprint density at radius 2 is 1.40 bits per heavy atom. The van der Waals surface area contributed by atoms with Crippen LogP contribution in [0.15, 0.2) is 0 Å². The summed E-state index contributed by atoms with van der Waals surface area (Å²) in [6.45, 7) is 14.3. The maximum Gasteiger partial charge on any atom is -0.0324 e. The van der Waals surface area contributed by atoms with Crippen molar-refractivity contribution in [3.05, 3.63) is 0 Å². The molecule has 0 N–H and O–H groups in total. The first-order valence-electron chi connectivity index (χ1n) is 6.93. The fourth-order valence-corrected chi connectivity index (χ4v) is 3.27. The van der Waals surface area contributed by atoms with Crippen molar-refractivity contribution in [2.45, 2.75) is 80.1 Å². The van der Waals surface area contributed by atoms with Gasteiger partial charge in [0.05, 0.1) is 0 Å². The molecule has 0 saturated carbocycles. The van der Waals surface area contributed by atoms with Crippen LogP contribution in [0, 0.1) is 17.3 Å². The lowest BCUT2D eigenvalue weighted by Gasteiger charge is -2.32. The summed E-state index contributed by atoms with van der Waals surface area (Å²) in [6, 6.07) is 0. The second-order valence-corrected chi connectivity index (χ2v) is 6.25. The van der Waals surface area contributed by atoms with Crippen molar-refractivity contribution < 1.29 is 0 Å². The first-order chi connectivity index (χ1) is 6.93. The maximum atomic E-state index is 2.50. The summed E-state index contributed by atoms with van der Waals surface area (Å²) in [4.78, 5) is 0. The van der Waals surface area contributed by atoms with Crippen LogP contribution in [-0.2, 0) is 0 Å². The van der Waals surface area contributed by atoms with E-state index in [9.17, 15) is 0 Å². The fraction of sp³-hybridized carbons (Fsp3) is 1.00. The zero-order chi connectivity index (χ0) is 11.9. The molecule has 0 aromatic carbocycles. The molecular weight excluding hydrogens is 180 g/mol. The normalized spacial score (nSPS) is 14.6. The van der Waals surface area contributed by atoms with Crippen LogP contribution in [-0.4, -0.2) is 0 Å². The molecular formula is C15H32. The Morgan fingerprint density at radius 3 is 1.73 bits per heavy atom. The third kappa shape index (κ3) is 6.98. The molecule has 15 heavy (non-hydrogen) atoms. The van der Waals surface area contributed by atoms with Crippen LogP contribution in [0.5, 0.6) is 0 Å². The van der Waals surface area contributed by atoms with E-state index in [0.717, 1.165) is 11.8 Å². The molecule has 0 amide bonds. The second kappa shape index (κ2) is 7.30. The highest BCUT2D eigenvalue weighted by molar-refractivity contribution is 4.76. The Kier molecular flexibility index (Phi) is 7.30. The second-order valence-electron chi connectivity index (χ2n) is 6.25. The van der Waals surface area contributed by atoms with Crippen LogP contribution in [0.3, 0.4) is 0 Å². The molecule has 0 saturated heterocycles. The molecule has 0 heterocycles. The van der Waals surface area contributed by atoms with Gasteiger partial charge < -0.3 is 0 Å². The summed E-state index contributed by atoms with van der Waals surface area (Å²) < 4.78 is 0. The van der Waals surface area contributed by atoms with Crippen LogP contribution in [0.1, 0.15) is 80.1 Å². The average molecular weight is 212 g/mol. The van der Waals surface area contributed by atoms with Crippen molar-refractivity contribution in [2.24, 2.45) is 17.3 Å². The zero-order valence-corrected chi connectivity index (χ0v) is 11.9. The van der Waals surface area contributed by atoms with Gasteiger partial charge in [-0.3, -0.25) is 0 Å². The summed E-state index contributed by atoms with van der Waals surface area (Å²) in [6.07, 6.45) is 8.30. The van der Waals surface area contributed by atoms with E-state index in [2.05, 4.69) is 41.5 Å². The van der Waals surface area contributed by atoms with Gasteiger partial charge >= 0.3 is 0 Å². The molecule has 92 valence electrons. The van der Waals surface area contributed by atoms with E-state index in [-0.39, 0.29) is 0 Å². The molecule has 1 unspecified atom stereocenters. The van der Waals surface area contributed by atoms with Gasteiger partial charge in [-0.2, -0.15) is 0 Å². The Balaban J connectivity index is 4.14.